The van der Waals surface area contributed by atoms with E-state index >= 15 is 0 Å². The zero-order valence-electron chi connectivity index (χ0n) is 6.44. The SMILES string of the molecule is CC1=C(C)[N+]12CC[C@@H]2C. The third-order valence-corrected chi connectivity index (χ3v) is 3.32. The van der Waals surface area contributed by atoms with Crippen molar-refractivity contribution in [1.82, 2.24) is 0 Å². The van der Waals surface area contributed by atoms with Gasteiger partial charge in [0, 0.05) is 13.8 Å². The Labute approximate surface area is 56.6 Å². The molecule has 0 aliphatic carbocycles. The van der Waals surface area contributed by atoms with Gasteiger partial charge >= 0.3 is 0 Å². The molecule has 0 bridgehead atoms. The molecule has 2 heterocycles. The molecule has 0 unspecified atom stereocenters. The van der Waals surface area contributed by atoms with E-state index in [1.165, 1.54) is 17.4 Å². The molecule has 2 aliphatic rings. The van der Waals surface area contributed by atoms with Gasteiger partial charge in [0.2, 0.25) is 0 Å². The summed E-state index contributed by atoms with van der Waals surface area (Å²) in [6.45, 7) is 8.28. The van der Waals surface area contributed by atoms with Crippen LogP contribution in [-0.4, -0.2) is 17.1 Å². The van der Waals surface area contributed by atoms with E-state index in [0.29, 0.717) is 0 Å². The Kier molecular flexibility index (Phi) is 0.755. The summed E-state index contributed by atoms with van der Waals surface area (Å²) in [5.74, 6) is 0. The van der Waals surface area contributed by atoms with E-state index in [-0.39, 0.29) is 0 Å². The Balaban J connectivity index is 2.18. The van der Waals surface area contributed by atoms with Crippen molar-refractivity contribution in [3.8, 4) is 0 Å². The molecule has 1 spiro atoms. The number of allylic oxidation sites excluding steroid dienone is 2. The van der Waals surface area contributed by atoms with Crippen LogP contribution in [-0.2, 0) is 0 Å². The Hall–Kier alpha value is -0.300. The second kappa shape index (κ2) is 1.24. The fourth-order valence-electron chi connectivity index (χ4n) is 2.22. The molecule has 0 aromatic heterocycles. The maximum absolute atomic E-state index is 2.35. The number of hydrogen-bond acceptors (Lipinski definition) is 0. The van der Waals surface area contributed by atoms with Crippen LogP contribution in [0.2, 0.25) is 0 Å². The van der Waals surface area contributed by atoms with E-state index in [1.807, 2.05) is 0 Å². The highest BCUT2D eigenvalue weighted by molar-refractivity contribution is 5.17. The average Bonchev–Trinajstić information content (AvgIpc) is 2.36. The minimum Gasteiger partial charge on any atom is -0.254 e. The van der Waals surface area contributed by atoms with Gasteiger partial charge in [0.05, 0.1) is 13.0 Å². The first-order valence-electron chi connectivity index (χ1n) is 3.76. The minimum absolute atomic E-state index is 0.907. The molecule has 2 aliphatic heterocycles. The molecular weight excluding hydrogens is 110 g/mol. The Morgan fingerprint density at radius 1 is 1.33 bits per heavy atom. The van der Waals surface area contributed by atoms with Gasteiger partial charge in [-0.15, -0.1) is 0 Å². The van der Waals surface area contributed by atoms with Crippen LogP contribution in [0, 0.1) is 0 Å². The molecule has 0 amide bonds. The van der Waals surface area contributed by atoms with E-state index in [1.54, 1.807) is 11.4 Å². The van der Waals surface area contributed by atoms with Gasteiger partial charge in [0.15, 0.2) is 11.4 Å². The predicted octanol–water partition coefficient (Wildman–Crippen LogP) is 1.86. The van der Waals surface area contributed by atoms with Crippen LogP contribution in [0.15, 0.2) is 11.4 Å². The van der Waals surface area contributed by atoms with Gasteiger partial charge in [-0.3, -0.25) is 4.48 Å². The first-order chi connectivity index (χ1) is 4.19. The summed E-state index contributed by atoms with van der Waals surface area (Å²) in [4.78, 5) is 0. The summed E-state index contributed by atoms with van der Waals surface area (Å²) in [5.41, 5.74) is 3.27. The topological polar surface area (TPSA) is 0 Å². The van der Waals surface area contributed by atoms with Gasteiger partial charge < -0.3 is 0 Å². The summed E-state index contributed by atoms with van der Waals surface area (Å²) >= 11 is 0. The van der Waals surface area contributed by atoms with Crippen LogP contribution in [0.1, 0.15) is 27.2 Å². The van der Waals surface area contributed by atoms with Crippen molar-refractivity contribution < 1.29 is 4.48 Å². The molecule has 1 atom stereocenters. The fourth-order valence-corrected chi connectivity index (χ4v) is 2.22. The highest BCUT2D eigenvalue weighted by Gasteiger charge is 2.59. The van der Waals surface area contributed by atoms with E-state index in [0.717, 1.165) is 6.04 Å². The fraction of sp³-hybridized carbons (Fsp3) is 0.750. The van der Waals surface area contributed by atoms with Crippen LogP contribution in [0.25, 0.3) is 0 Å². The van der Waals surface area contributed by atoms with Crippen molar-refractivity contribution in [1.29, 1.82) is 0 Å². The van der Waals surface area contributed by atoms with E-state index in [4.69, 9.17) is 0 Å². The van der Waals surface area contributed by atoms with Crippen molar-refractivity contribution in [2.45, 2.75) is 33.2 Å². The third kappa shape index (κ3) is 0.379. The molecule has 0 N–H and O–H groups in total. The van der Waals surface area contributed by atoms with Crippen molar-refractivity contribution in [3.63, 3.8) is 0 Å². The van der Waals surface area contributed by atoms with Gasteiger partial charge in [-0.1, -0.05) is 0 Å². The smallest absolute Gasteiger partial charge is 0.168 e. The van der Waals surface area contributed by atoms with Crippen molar-refractivity contribution in [2.75, 3.05) is 6.54 Å². The molecule has 0 saturated carbocycles. The van der Waals surface area contributed by atoms with Crippen LogP contribution in [0.3, 0.4) is 0 Å². The van der Waals surface area contributed by atoms with Crippen LogP contribution in [0.4, 0.5) is 0 Å². The molecule has 50 valence electrons. The lowest BCUT2D eigenvalue weighted by atomic mass is 10.0. The summed E-state index contributed by atoms with van der Waals surface area (Å²) < 4.78 is 1.29. The molecule has 0 aromatic rings. The lowest BCUT2D eigenvalue weighted by molar-refractivity contribution is -0.859. The van der Waals surface area contributed by atoms with Gasteiger partial charge in [-0.2, -0.15) is 0 Å². The van der Waals surface area contributed by atoms with E-state index < -0.39 is 0 Å². The highest BCUT2D eigenvalue weighted by atomic mass is 15.5. The number of nitrogens with zero attached hydrogens (tertiary/aromatic N) is 1. The largest absolute Gasteiger partial charge is 0.254 e. The number of hydrogen-bond donors (Lipinski definition) is 0. The summed E-state index contributed by atoms with van der Waals surface area (Å²) in [6, 6.07) is 0.907. The van der Waals surface area contributed by atoms with E-state index in [9.17, 15) is 0 Å². The molecule has 2 rings (SSSR count). The molecule has 1 fully saturated rings. The Morgan fingerprint density at radius 2 is 1.89 bits per heavy atom. The second-order valence-corrected chi connectivity index (χ2v) is 3.40. The molecule has 1 saturated heterocycles. The lowest BCUT2D eigenvalue weighted by Crippen LogP contribution is -2.50. The first kappa shape index (κ1) is 5.48. The predicted molar refractivity (Wildman–Crippen MR) is 37.6 cm³/mol. The number of rotatable bonds is 0. The lowest BCUT2D eigenvalue weighted by Gasteiger charge is -2.37. The normalized spacial score (nSPS) is 37.0. The van der Waals surface area contributed by atoms with E-state index in [2.05, 4.69) is 20.8 Å². The molecule has 0 radical (unpaired) electrons. The zero-order valence-corrected chi connectivity index (χ0v) is 6.44. The summed E-state index contributed by atoms with van der Waals surface area (Å²) in [5, 5.41) is 0. The zero-order chi connectivity index (χ0) is 6.65. The quantitative estimate of drug-likeness (QED) is 0.432. The molecular formula is C8H14N+. The Morgan fingerprint density at radius 3 is 1.89 bits per heavy atom. The molecule has 9 heavy (non-hydrogen) atoms. The van der Waals surface area contributed by atoms with Gasteiger partial charge in [0.1, 0.15) is 6.04 Å². The molecule has 0 aromatic carbocycles. The molecule has 1 heteroatoms. The van der Waals surface area contributed by atoms with Crippen LogP contribution < -0.4 is 0 Å². The maximum atomic E-state index is 2.35. The number of quaternary nitrogens is 1. The van der Waals surface area contributed by atoms with Crippen molar-refractivity contribution in [2.24, 2.45) is 0 Å². The minimum atomic E-state index is 0.907. The third-order valence-electron chi connectivity index (χ3n) is 3.32. The second-order valence-electron chi connectivity index (χ2n) is 3.40. The average molecular weight is 124 g/mol. The van der Waals surface area contributed by atoms with Gasteiger partial charge in [-0.05, 0) is 6.92 Å². The van der Waals surface area contributed by atoms with Crippen LogP contribution in [0.5, 0.6) is 0 Å². The Bertz CT molecular complexity index is 179. The van der Waals surface area contributed by atoms with Crippen molar-refractivity contribution in [3.05, 3.63) is 11.4 Å². The monoisotopic (exact) mass is 124 g/mol. The van der Waals surface area contributed by atoms with Crippen molar-refractivity contribution >= 4 is 0 Å². The maximum Gasteiger partial charge on any atom is 0.168 e. The standard InChI is InChI=1S/C8H14N/c1-6-4-5-9(6)7(2)8(9)3/h6H,4-5H2,1-3H3/q+1/t6-/m0/s1. The van der Waals surface area contributed by atoms with Gasteiger partial charge in [-0.25, -0.2) is 0 Å². The first-order valence-corrected chi connectivity index (χ1v) is 3.76. The summed E-state index contributed by atoms with van der Waals surface area (Å²) in [6.07, 6.45) is 1.43. The van der Waals surface area contributed by atoms with Crippen LogP contribution >= 0.6 is 0 Å². The van der Waals surface area contributed by atoms with Gasteiger partial charge in [0.25, 0.3) is 0 Å². The summed E-state index contributed by atoms with van der Waals surface area (Å²) in [7, 11) is 0. The molecule has 1 nitrogen and oxygen atoms in total. The highest BCUT2D eigenvalue weighted by Crippen LogP contribution is 2.51.